The lowest BCUT2D eigenvalue weighted by Gasteiger charge is -2.22. The fourth-order valence-electron chi connectivity index (χ4n) is 2.41. The molecule has 3 nitrogen and oxygen atoms in total. The van der Waals surface area contributed by atoms with E-state index in [4.69, 9.17) is 5.73 Å². The van der Waals surface area contributed by atoms with E-state index in [1.165, 1.54) is 32.1 Å². The molecule has 1 aromatic rings. The Bertz CT molecular complexity index is 343. The number of aryl methyl sites for hydroxylation is 1. The quantitative estimate of drug-likeness (QED) is 0.821. The molecule has 0 radical (unpaired) electrons. The van der Waals surface area contributed by atoms with E-state index in [9.17, 15) is 0 Å². The Morgan fingerprint density at radius 2 is 2.12 bits per heavy atom. The van der Waals surface area contributed by atoms with Crippen molar-refractivity contribution in [1.82, 2.24) is 4.98 Å². The summed E-state index contributed by atoms with van der Waals surface area (Å²) in [6, 6.07) is 1.97. The molecule has 0 atom stereocenters. The molecule has 1 saturated carbocycles. The van der Waals surface area contributed by atoms with Crippen LogP contribution in [-0.2, 0) is 0 Å². The molecule has 0 saturated heterocycles. The van der Waals surface area contributed by atoms with E-state index in [2.05, 4.69) is 10.3 Å². The van der Waals surface area contributed by atoms with Gasteiger partial charge in [0.15, 0.2) is 0 Å². The molecule has 1 aromatic heterocycles. The zero-order valence-corrected chi connectivity index (χ0v) is 10.00. The van der Waals surface area contributed by atoms with Gasteiger partial charge in [0.2, 0.25) is 0 Å². The maximum Gasteiger partial charge on any atom is 0.129 e. The molecule has 1 aliphatic rings. The lowest BCUT2D eigenvalue weighted by atomic mass is 9.89. The highest BCUT2D eigenvalue weighted by molar-refractivity contribution is 5.50. The summed E-state index contributed by atoms with van der Waals surface area (Å²) in [7, 11) is 0. The van der Waals surface area contributed by atoms with Crippen molar-refractivity contribution >= 4 is 11.5 Å². The standard InChI is InChI=1S/C13H21N3/c1-10-7-12(14)9-16-13(10)15-8-11-5-3-2-4-6-11/h7,9,11H,2-6,8,14H2,1H3,(H,15,16). The first-order valence-electron chi connectivity index (χ1n) is 6.21. The van der Waals surface area contributed by atoms with Crippen LogP contribution < -0.4 is 11.1 Å². The number of pyridine rings is 1. The Morgan fingerprint density at radius 1 is 1.38 bits per heavy atom. The van der Waals surface area contributed by atoms with E-state index in [1.54, 1.807) is 6.20 Å². The highest BCUT2D eigenvalue weighted by Crippen LogP contribution is 2.24. The summed E-state index contributed by atoms with van der Waals surface area (Å²) in [5.41, 5.74) is 7.55. The lowest BCUT2D eigenvalue weighted by molar-refractivity contribution is 0.373. The number of hydrogen-bond acceptors (Lipinski definition) is 3. The summed E-state index contributed by atoms with van der Waals surface area (Å²) >= 11 is 0. The van der Waals surface area contributed by atoms with Crippen molar-refractivity contribution < 1.29 is 0 Å². The first kappa shape index (κ1) is 11.2. The summed E-state index contributed by atoms with van der Waals surface area (Å²) in [5.74, 6) is 1.81. The Morgan fingerprint density at radius 3 is 2.81 bits per heavy atom. The van der Waals surface area contributed by atoms with Gasteiger partial charge < -0.3 is 11.1 Å². The lowest BCUT2D eigenvalue weighted by Crippen LogP contribution is -2.18. The summed E-state index contributed by atoms with van der Waals surface area (Å²) in [4.78, 5) is 4.33. The smallest absolute Gasteiger partial charge is 0.129 e. The number of nitrogens with two attached hydrogens (primary N) is 1. The van der Waals surface area contributed by atoms with Crippen LogP contribution in [0.4, 0.5) is 11.5 Å². The van der Waals surface area contributed by atoms with E-state index >= 15 is 0 Å². The molecule has 0 bridgehead atoms. The fourth-order valence-corrected chi connectivity index (χ4v) is 2.41. The Balaban J connectivity index is 1.88. The van der Waals surface area contributed by atoms with Gasteiger partial charge in [-0.1, -0.05) is 19.3 Å². The van der Waals surface area contributed by atoms with Gasteiger partial charge >= 0.3 is 0 Å². The predicted octanol–water partition coefficient (Wildman–Crippen LogP) is 2.96. The molecule has 1 heterocycles. The van der Waals surface area contributed by atoms with E-state index < -0.39 is 0 Å². The largest absolute Gasteiger partial charge is 0.397 e. The van der Waals surface area contributed by atoms with Gasteiger partial charge in [-0.05, 0) is 37.3 Å². The van der Waals surface area contributed by atoms with Crippen molar-refractivity contribution in [3.8, 4) is 0 Å². The molecule has 0 unspecified atom stereocenters. The van der Waals surface area contributed by atoms with E-state index in [1.807, 2.05) is 13.0 Å². The topological polar surface area (TPSA) is 50.9 Å². The minimum absolute atomic E-state index is 0.737. The van der Waals surface area contributed by atoms with Crippen LogP contribution in [0.1, 0.15) is 37.7 Å². The minimum atomic E-state index is 0.737. The van der Waals surface area contributed by atoms with Crippen molar-refractivity contribution in [1.29, 1.82) is 0 Å². The van der Waals surface area contributed by atoms with E-state index in [0.29, 0.717) is 0 Å². The fraction of sp³-hybridized carbons (Fsp3) is 0.615. The zero-order chi connectivity index (χ0) is 11.4. The van der Waals surface area contributed by atoms with Crippen molar-refractivity contribution in [3.05, 3.63) is 17.8 Å². The molecule has 0 amide bonds. The van der Waals surface area contributed by atoms with Crippen LogP contribution in [-0.4, -0.2) is 11.5 Å². The van der Waals surface area contributed by atoms with Crippen LogP contribution in [0.25, 0.3) is 0 Å². The van der Waals surface area contributed by atoms with Gasteiger partial charge in [-0.15, -0.1) is 0 Å². The van der Waals surface area contributed by atoms with Gasteiger partial charge in [0.05, 0.1) is 11.9 Å². The summed E-state index contributed by atoms with van der Waals surface area (Å²) < 4.78 is 0. The summed E-state index contributed by atoms with van der Waals surface area (Å²) in [6.45, 7) is 3.10. The maximum atomic E-state index is 5.68. The number of hydrogen-bond donors (Lipinski definition) is 2. The highest BCUT2D eigenvalue weighted by atomic mass is 15.0. The molecule has 0 aromatic carbocycles. The third-order valence-electron chi connectivity index (χ3n) is 3.38. The number of nitrogens with one attached hydrogen (secondary N) is 1. The Hall–Kier alpha value is -1.25. The van der Waals surface area contributed by atoms with Crippen molar-refractivity contribution in [2.75, 3.05) is 17.6 Å². The molecule has 0 spiro atoms. The third kappa shape index (κ3) is 2.87. The van der Waals surface area contributed by atoms with Crippen molar-refractivity contribution in [3.63, 3.8) is 0 Å². The molecule has 1 aliphatic carbocycles. The minimum Gasteiger partial charge on any atom is -0.397 e. The first-order valence-corrected chi connectivity index (χ1v) is 6.21. The third-order valence-corrected chi connectivity index (χ3v) is 3.38. The van der Waals surface area contributed by atoms with Gasteiger partial charge in [0.25, 0.3) is 0 Å². The molecule has 3 N–H and O–H groups in total. The number of nitrogen functional groups attached to an aromatic ring is 1. The molecular formula is C13H21N3. The summed E-state index contributed by atoms with van der Waals surface area (Å²) in [5, 5.41) is 3.44. The second kappa shape index (κ2) is 5.19. The molecule has 3 heteroatoms. The number of nitrogens with zero attached hydrogens (tertiary/aromatic N) is 1. The van der Waals surface area contributed by atoms with E-state index in [0.717, 1.165) is 29.5 Å². The van der Waals surface area contributed by atoms with Crippen molar-refractivity contribution in [2.24, 2.45) is 5.92 Å². The maximum absolute atomic E-state index is 5.68. The monoisotopic (exact) mass is 219 g/mol. The van der Waals surface area contributed by atoms with Crippen molar-refractivity contribution in [2.45, 2.75) is 39.0 Å². The highest BCUT2D eigenvalue weighted by Gasteiger charge is 2.13. The van der Waals surface area contributed by atoms with Crippen LogP contribution in [0.15, 0.2) is 12.3 Å². The molecule has 0 aliphatic heterocycles. The number of anilines is 2. The molecule has 88 valence electrons. The molecule has 16 heavy (non-hydrogen) atoms. The normalized spacial score (nSPS) is 17.3. The van der Waals surface area contributed by atoms with Crippen LogP contribution in [0.2, 0.25) is 0 Å². The van der Waals surface area contributed by atoms with Crippen LogP contribution >= 0.6 is 0 Å². The van der Waals surface area contributed by atoms with Gasteiger partial charge in [0.1, 0.15) is 5.82 Å². The van der Waals surface area contributed by atoms with Crippen LogP contribution in [0.3, 0.4) is 0 Å². The average Bonchev–Trinajstić information content (AvgIpc) is 2.29. The Labute approximate surface area is 97.5 Å². The van der Waals surface area contributed by atoms with Gasteiger partial charge in [-0.3, -0.25) is 0 Å². The number of rotatable bonds is 3. The second-order valence-electron chi connectivity index (χ2n) is 4.82. The average molecular weight is 219 g/mol. The summed E-state index contributed by atoms with van der Waals surface area (Å²) in [6.07, 6.45) is 8.63. The van der Waals surface area contributed by atoms with Crippen LogP contribution in [0, 0.1) is 12.8 Å². The molecule has 2 rings (SSSR count). The second-order valence-corrected chi connectivity index (χ2v) is 4.82. The SMILES string of the molecule is Cc1cc(N)cnc1NCC1CCCCC1. The zero-order valence-electron chi connectivity index (χ0n) is 10.00. The first-order chi connectivity index (χ1) is 7.75. The predicted molar refractivity (Wildman–Crippen MR) is 68.5 cm³/mol. The van der Waals surface area contributed by atoms with Gasteiger partial charge in [-0.2, -0.15) is 0 Å². The molecule has 1 fully saturated rings. The van der Waals surface area contributed by atoms with E-state index in [-0.39, 0.29) is 0 Å². The number of aromatic nitrogens is 1. The van der Waals surface area contributed by atoms with Crippen LogP contribution in [0.5, 0.6) is 0 Å². The van der Waals surface area contributed by atoms with Gasteiger partial charge in [-0.25, -0.2) is 4.98 Å². The molecular weight excluding hydrogens is 198 g/mol. The Kier molecular flexibility index (Phi) is 3.65. The van der Waals surface area contributed by atoms with Gasteiger partial charge in [0, 0.05) is 6.54 Å².